The third kappa shape index (κ3) is 4.29. The van der Waals surface area contributed by atoms with Crippen molar-refractivity contribution < 1.29 is 14.3 Å². The number of rotatable bonds is 5. The highest BCUT2D eigenvalue weighted by Crippen LogP contribution is 2.20. The zero-order chi connectivity index (χ0) is 17.6. The number of para-hydroxylation sites is 1. The topological polar surface area (TPSA) is 70.7 Å². The van der Waals surface area contributed by atoms with E-state index in [4.69, 9.17) is 4.74 Å². The molecule has 0 saturated carbocycles. The van der Waals surface area contributed by atoms with Crippen LogP contribution in [0.15, 0.2) is 54.6 Å². The smallest absolute Gasteiger partial charge is 0.315 e. The Balaban J connectivity index is 1.49. The summed E-state index contributed by atoms with van der Waals surface area (Å²) >= 11 is 0. The fraction of sp³-hybridized carbons (Fsp3) is 0.263. The van der Waals surface area contributed by atoms with Gasteiger partial charge in [0.25, 0.3) is 0 Å². The molecule has 3 amide bonds. The van der Waals surface area contributed by atoms with Crippen molar-refractivity contribution >= 4 is 17.6 Å². The van der Waals surface area contributed by atoms with Gasteiger partial charge in [-0.3, -0.25) is 4.79 Å². The molecule has 3 rings (SSSR count). The molecule has 1 fully saturated rings. The molecule has 0 bridgehead atoms. The van der Waals surface area contributed by atoms with Gasteiger partial charge in [-0.05, 0) is 29.8 Å². The summed E-state index contributed by atoms with van der Waals surface area (Å²) in [6.07, 6.45) is 0.310. The van der Waals surface area contributed by atoms with Crippen LogP contribution in [0.3, 0.4) is 0 Å². The number of anilines is 1. The number of methoxy groups -OCH3 is 1. The third-order valence-electron chi connectivity index (χ3n) is 4.14. The number of benzene rings is 2. The molecule has 1 saturated heterocycles. The summed E-state index contributed by atoms with van der Waals surface area (Å²) in [5, 5.41) is 5.68. The summed E-state index contributed by atoms with van der Waals surface area (Å²) in [6, 6.07) is 16.5. The molecular formula is C19H21N3O3. The molecule has 1 aliphatic heterocycles. The predicted octanol–water partition coefficient (Wildman–Crippen LogP) is 2.30. The Labute approximate surface area is 146 Å². The summed E-state index contributed by atoms with van der Waals surface area (Å²) in [5.74, 6) is 0.797. The van der Waals surface area contributed by atoms with Gasteiger partial charge in [0.2, 0.25) is 5.91 Å². The first-order valence-corrected chi connectivity index (χ1v) is 8.18. The molecule has 2 N–H and O–H groups in total. The number of amides is 3. The van der Waals surface area contributed by atoms with Crippen LogP contribution < -0.4 is 20.3 Å². The minimum Gasteiger partial charge on any atom is -0.497 e. The van der Waals surface area contributed by atoms with Gasteiger partial charge >= 0.3 is 6.03 Å². The van der Waals surface area contributed by atoms with E-state index in [0.29, 0.717) is 19.5 Å². The number of nitrogens with zero attached hydrogens (tertiary/aromatic N) is 1. The van der Waals surface area contributed by atoms with Crippen molar-refractivity contribution in [3.8, 4) is 5.75 Å². The second-order valence-electron chi connectivity index (χ2n) is 5.92. The highest BCUT2D eigenvalue weighted by atomic mass is 16.5. The van der Waals surface area contributed by atoms with Gasteiger partial charge in [0.1, 0.15) is 5.75 Å². The molecule has 25 heavy (non-hydrogen) atoms. The largest absolute Gasteiger partial charge is 0.497 e. The Hall–Kier alpha value is -3.02. The normalized spacial score (nSPS) is 16.6. The molecule has 2 aromatic carbocycles. The first-order valence-electron chi connectivity index (χ1n) is 8.18. The molecule has 0 aromatic heterocycles. The molecule has 1 heterocycles. The summed E-state index contributed by atoms with van der Waals surface area (Å²) in [5.41, 5.74) is 1.83. The summed E-state index contributed by atoms with van der Waals surface area (Å²) in [6.45, 7) is 0.900. The van der Waals surface area contributed by atoms with E-state index < -0.39 is 0 Å². The summed E-state index contributed by atoms with van der Waals surface area (Å²) in [7, 11) is 1.61. The maximum Gasteiger partial charge on any atom is 0.315 e. The average Bonchev–Trinajstić information content (AvgIpc) is 3.01. The SMILES string of the molecule is COc1ccc(CNC(=O)N[C@H]2CC(=O)N(c3ccccc3)C2)cc1. The summed E-state index contributed by atoms with van der Waals surface area (Å²) < 4.78 is 5.10. The van der Waals surface area contributed by atoms with E-state index >= 15 is 0 Å². The highest BCUT2D eigenvalue weighted by molar-refractivity contribution is 5.96. The lowest BCUT2D eigenvalue weighted by atomic mass is 10.2. The third-order valence-corrected chi connectivity index (χ3v) is 4.14. The lowest BCUT2D eigenvalue weighted by Crippen LogP contribution is -2.43. The van der Waals surface area contributed by atoms with Gasteiger partial charge in [-0.1, -0.05) is 30.3 Å². The van der Waals surface area contributed by atoms with Crippen molar-refractivity contribution in [2.24, 2.45) is 0 Å². The minimum absolute atomic E-state index is 0.0201. The van der Waals surface area contributed by atoms with Crippen molar-refractivity contribution in [2.45, 2.75) is 19.0 Å². The van der Waals surface area contributed by atoms with Crippen LogP contribution >= 0.6 is 0 Å². The van der Waals surface area contributed by atoms with Crippen LogP contribution in [0.2, 0.25) is 0 Å². The van der Waals surface area contributed by atoms with Gasteiger partial charge in [0.05, 0.1) is 13.2 Å². The van der Waals surface area contributed by atoms with Gasteiger partial charge in [0.15, 0.2) is 0 Å². The van der Waals surface area contributed by atoms with E-state index in [2.05, 4.69) is 10.6 Å². The first-order chi connectivity index (χ1) is 12.2. The molecule has 0 radical (unpaired) electrons. The van der Waals surface area contributed by atoms with E-state index in [1.807, 2.05) is 54.6 Å². The Morgan fingerprint density at radius 3 is 2.56 bits per heavy atom. The molecule has 6 nitrogen and oxygen atoms in total. The van der Waals surface area contributed by atoms with Crippen molar-refractivity contribution in [2.75, 3.05) is 18.6 Å². The van der Waals surface area contributed by atoms with Crippen molar-refractivity contribution in [1.29, 1.82) is 0 Å². The van der Waals surface area contributed by atoms with Crippen molar-refractivity contribution in [3.63, 3.8) is 0 Å². The molecule has 130 valence electrons. The van der Waals surface area contributed by atoms with E-state index in [0.717, 1.165) is 17.0 Å². The van der Waals surface area contributed by atoms with E-state index in [9.17, 15) is 9.59 Å². The Kier molecular flexibility index (Phi) is 5.18. The molecule has 1 atom stereocenters. The van der Waals surface area contributed by atoms with Crippen LogP contribution in [0, 0.1) is 0 Å². The number of nitrogens with one attached hydrogen (secondary N) is 2. The predicted molar refractivity (Wildman–Crippen MR) is 95.6 cm³/mol. The number of urea groups is 1. The second kappa shape index (κ2) is 7.70. The van der Waals surface area contributed by atoms with Crippen LogP contribution in [-0.2, 0) is 11.3 Å². The fourth-order valence-corrected chi connectivity index (χ4v) is 2.82. The van der Waals surface area contributed by atoms with Gasteiger partial charge in [-0.15, -0.1) is 0 Å². The van der Waals surface area contributed by atoms with Gasteiger partial charge < -0.3 is 20.3 Å². The van der Waals surface area contributed by atoms with Crippen LogP contribution in [0.4, 0.5) is 10.5 Å². The van der Waals surface area contributed by atoms with Crippen molar-refractivity contribution in [1.82, 2.24) is 10.6 Å². The molecule has 0 spiro atoms. The maximum absolute atomic E-state index is 12.1. The zero-order valence-corrected chi connectivity index (χ0v) is 14.1. The Morgan fingerprint density at radius 1 is 1.16 bits per heavy atom. The van der Waals surface area contributed by atoms with E-state index in [-0.39, 0.29) is 18.0 Å². The van der Waals surface area contributed by atoms with Gasteiger partial charge in [0, 0.05) is 25.2 Å². The van der Waals surface area contributed by atoms with Crippen LogP contribution in [0.1, 0.15) is 12.0 Å². The lowest BCUT2D eigenvalue weighted by molar-refractivity contribution is -0.117. The molecule has 6 heteroatoms. The Morgan fingerprint density at radius 2 is 1.88 bits per heavy atom. The Bertz CT molecular complexity index is 731. The van der Waals surface area contributed by atoms with Gasteiger partial charge in [-0.25, -0.2) is 4.79 Å². The number of hydrogen-bond acceptors (Lipinski definition) is 3. The molecule has 0 unspecified atom stereocenters. The zero-order valence-electron chi connectivity index (χ0n) is 14.1. The number of hydrogen-bond donors (Lipinski definition) is 2. The number of ether oxygens (including phenoxy) is 1. The number of carbonyl (C=O) groups is 2. The van der Waals surface area contributed by atoms with Crippen molar-refractivity contribution in [3.05, 3.63) is 60.2 Å². The first kappa shape index (κ1) is 16.8. The monoisotopic (exact) mass is 339 g/mol. The average molecular weight is 339 g/mol. The molecule has 0 aliphatic carbocycles. The quantitative estimate of drug-likeness (QED) is 0.878. The van der Waals surface area contributed by atoms with E-state index in [1.54, 1.807) is 12.0 Å². The standard InChI is InChI=1S/C19H21N3O3/c1-25-17-9-7-14(8-10-17)12-20-19(24)21-15-11-18(23)22(13-15)16-5-3-2-4-6-16/h2-10,15H,11-13H2,1H3,(H2,20,21,24)/t15-/m0/s1. The van der Waals surface area contributed by atoms with Gasteiger partial charge in [-0.2, -0.15) is 0 Å². The molecular weight excluding hydrogens is 318 g/mol. The van der Waals surface area contributed by atoms with Crippen LogP contribution in [0.25, 0.3) is 0 Å². The maximum atomic E-state index is 12.1. The lowest BCUT2D eigenvalue weighted by Gasteiger charge is -2.17. The molecule has 1 aliphatic rings. The van der Waals surface area contributed by atoms with Crippen LogP contribution in [-0.4, -0.2) is 31.6 Å². The van der Waals surface area contributed by atoms with Crippen LogP contribution in [0.5, 0.6) is 5.75 Å². The fourth-order valence-electron chi connectivity index (χ4n) is 2.82. The number of carbonyl (C=O) groups excluding carboxylic acids is 2. The second-order valence-corrected chi connectivity index (χ2v) is 5.92. The summed E-state index contributed by atoms with van der Waals surface area (Å²) in [4.78, 5) is 25.9. The highest BCUT2D eigenvalue weighted by Gasteiger charge is 2.31. The minimum atomic E-state index is -0.275. The van der Waals surface area contributed by atoms with E-state index in [1.165, 1.54) is 0 Å². The molecule has 2 aromatic rings.